The quantitative estimate of drug-likeness (QED) is 0.917. The molecule has 0 aliphatic heterocycles. The van der Waals surface area contributed by atoms with Gasteiger partial charge in [0.1, 0.15) is 6.04 Å². The maximum atomic E-state index is 11.6. The van der Waals surface area contributed by atoms with Gasteiger partial charge >= 0.3 is 5.97 Å². The van der Waals surface area contributed by atoms with Crippen LogP contribution in [0.3, 0.4) is 0 Å². The zero-order valence-corrected chi connectivity index (χ0v) is 13.1. The molecule has 2 aromatic rings. The van der Waals surface area contributed by atoms with Crippen molar-refractivity contribution in [3.05, 3.63) is 51.8 Å². The van der Waals surface area contributed by atoms with Crippen molar-refractivity contribution >= 4 is 29.2 Å². The van der Waals surface area contributed by atoms with Gasteiger partial charge in [0.25, 0.3) is 0 Å². The minimum absolute atomic E-state index is 0.341. The zero-order chi connectivity index (χ0) is 15.6. The van der Waals surface area contributed by atoms with E-state index in [1.165, 1.54) is 0 Å². The molecule has 1 N–H and O–H groups in total. The maximum Gasteiger partial charge on any atom is 0.325 e. The Balaban J connectivity index is 2.27. The Morgan fingerprint density at radius 1 is 1.48 bits per heavy atom. The summed E-state index contributed by atoms with van der Waals surface area (Å²) >= 11 is 12.0. The molecule has 0 saturated heterocycles. The SMILES string of the molecule is CN(Cc1cnn(C)c1)C(C(=O)O)c1ccc(Cl)cc1Cl. The molecule has 0 aliphatic carbocycles. The van der Waals surface area contributed by atoms with Gasteiger partial charge in [0, 0.05) is 35.4 Å². The second-order valence-corrected chi connectivity index (χ2v) is 5.69. The van der Waals surface area contributed by atoms with Gasteiger partial charge in [-0.1, -0.05) is 29.3 Å². The number of hydrogen-bond donors (Lipinski definition) is 1. The van der Waals surface area contributed by atoms with Crippen molar-refractivity contribution < 1.29 is 9.90 Å². The third kappa shape index (κ3) is 3.75. The Labute approximate surface area is 132 Å². The normalized spacial score (nSPS) is 12.6. The molecule has 112 valence electrons. The lowest BCUT2D eigenvalue weighted by atomic mass is 10.1. The van der Waals surface area contributed by atoms with Crippen LogP contribution in [0.5, 0.6) is 0 Å². The van der Waals surface area contributed by atoms with E-state index < -0.39 is 12.0 Å². The van der Waals surface area contributed by atoms with Gasteiger partial charge in [0.05, 0.1) is 6.20 Å². The number of halogens is 2. The largest absolute Gasteiger partial charge is 0.480 e. The summed E-state index contributed by atoms with van der Waals surface area (Å²) in [7, 11) is 3.55. The highest BCUT2D eigenvalue weighted by Gasteiger charge is 2.27. The van der Waals surface area contributed by atoms with E-state index in [1.54, 1.807) is 41.0 Å². The molecule has 0 saturated carbocycles. The van der Waals surface area contributed by atoms with Gasteiger partial charge in [-0.25, -0.2) is 0 Å². The van der Waals surface area contributed by atoms with Crippen molar-refractivity contribution in [1.82, 2.24) is 14.7 Å². The van der Waals surface area contributed by atoms with Crippen LogP contribution in [0.15, 0.2) is 30.6 Å². The Morgan fingerprint density at radius 3 is 2.71 bits per heavy atom. The fraction of sp³-hybridized carbons (Fsp3) is 0.286. The van der Waals surface area contributed by atoms with Crippen LogP contribution in [0.4, 0.5) is 0 Å². The standard InChI is InChI=1S/C14H15Cl2N3O2/c1-18(7-9-6-17-19(2)8-9)13(14(20)21)11-4-3-10(15)5-12(11)16/h3-6,8,13H,7H2,1-2H3,(H,20,21). The van der Waals surface area contributed by atoms with Crippen LogP contribution in [0.25, 0.3) is 0 Å². The number of aryl methyl sites for hydroxylation is 1. The van der Waals surface area contributed by atoms with E-state index in [0.717, 1.165) is 5.56 Å². The average Bonchev–Trinajstić information content (AvgIpc) is 2.77. The first-order valence-electron chi connectivity index (χ1n) is 6.24. The van der Waals surface area contributed by atoms with Crippen LogP contribution in [0.2, 0.25) is 10.0 Å². The van der Waals surface area contributed by atoms with Crippen LogP contribution in [0, 0.1) is 0 Å². The Hall–Kier alpha value is -1.56. The molecular weight excluding hydrogens is 313 g/mol. The van der Waals surface area contributed by atoms with Gasteiger partial charge in [0.15, 0.2) is 0 Å². The molecule has 2 rings (SSSR count). The van der Waals surface area contributed by atoms with Crippen molar-refractivity contribution in [2.24, 2.45) is 7.05 Å². The second-order valence-electron chi connectivity index (χ2n) is 4.84. The molecule has 5 nitrogen and oxygen atoms in total. The van der Waals surface area contributed by atoms with Crippen LogP contribution >= 0.6 is 23.2 Å². The third-order valence-corrected chi connectivity index (χ3v) is 3.68. The van der Waals surface area contributed by atoms with E-state index >= 15 is 0 Å². The Bertz CT molecular complexity index is 657. The topological polar surface area (TPSA) is 58.4 Å². The fourth-order valence-corrected chi connectivity index (χ4v) is 2.73. The van der Waals surface area contributed by atoms with Gasteiger partial charge in [-0.2, -0.15) is 5.10 Å². The lowest BCUT2D eigenvalue weighted by molar-refractivity contribution is -0.143. The highest BCUT2D eigenvalue weighted by Crippen LogP contribution is 2.30. The highest BCUT2D eigenvalue weighted by atomic mass is 35.5. The van der Waals surface area contributed by atoms with Crippen LogP contribution in [0.1, 0.15) is 17.2 Å². The number of likely N-dealkylation sites (N-methyl/N-ethyl adjacent to an activating group) is 1. The molecule has 0 radical (unpaired) electrons. The molecule has 1 heterocycles. The third-order valence-electron chi connectivity index (χ3n) is 3.12. The summed E-state index contributed by atoms with van der Waals surface area (Å²) in [5.74, 6) is -0.967. The van der Waals surface area contributed by atoms with Crippen molar-refractivity contribution in [2.45, 2.75) is 12.6 Å². The van der Waals surface area contributed by atoms with E-state index in [1.807, 2.05) is 13.2 Å². The van der Waals surface area contributed by atoms with Crippen LogP contribution in [-0.2, 0) is 18.4 Å². The van der Waals surface area contributed by atoms with Gasteiger partial charge < -0.3 is 5.11 Å². The number of aliphatic carboxylic acids is 1. The van der Waals surface area contributed by atoms with Crippen molar-refractivity contribution in [3.63, 3.8) is 0 Å². The molecule has 21 heavy (non-hydrogen) atoms. The van der Waals surface area contributed by atoms with Crippen molar-refractivity contribution in [1.29, 1.82) is 0 Å². The predicted octanol–water partition coefficient (Wildman–Crippen LogP) is 2.98. The first kappa shape index (κ1) is 15.8. The van der Waals surface area contributed by atoms with E-state index in [4.69, 9.17) is 23.2 Å². The minimum Gasteiger partial charge on any atom is -0.480 e. The molecule has 0 fully saturated rings. The summed E-state index contributed by atoms with van der Waals surface area (Å²) in [6, 6.07) is 3.97. The zero-order valence-electron chi connectivity index (χ0n) is 11.6. The molecule has 1 aromatic heterocycles. The Morgan fingerprint density at radius 2 is 2.19 bits per heavy atom. The van der Waals surface area contributed by atoms with Gasteiger partial charge in [-0.15, -0.1) is 0 Å². The number of carboxylic acids is 1. The highest BCUT2D eigenvalue weighted by molar-refractivity contribution is 6.35. The fourth-order valence-electron chi connectivity index (χ4n) is 2.22. The minimum atomic E-state index is -0.967. The molecular formula is C14H15Cl2N3O2. The number of hydrogen-bond acceptors (Lipinski definition) is 3. The first-order valence-corrected chi connectivity index (χ1v) is 6.99. The molecule has 1 unspecified atom stereocenters. The second kappa shape index (κ2) is 6.47. The summed E-state index contributed by atoms with van der Waals surface area (Å²) in [5.41, 5.74) is 1.44. The lowest BCUT2D eigenvalue weighted by Gasteiger charge is -2.25. The molecule has 1 aromatic carbocycles. The van der Waals surface area contributed by atoms with Gasteiger partial charge in [-0.3, -0.25) is 14.4 Å². The number of nitrogens with zero attached hydrogens (tertiary/aromatic N) is 3. The molecule has 0 spiro atoms. The molecule has 0 amide bonds. The van der Waals surface area contributed by atoms with E-state index in [-0.39, 0.29) is 0 Å². The number of rotatable bonds is 5. The van der Waals surface area contributed by atoms with Gasteiger partial charge in [0.2, 0.25) is 0 Å². The summed E-state index contributed by atoms with van der Waals surface area (Å²) in [6.45, 7) is 0.448. The van der Waals surface area contributed by atoms with Gasteiger partial charge in [-0.05, 0) is 24.7 Å². The number of benzene rings is 1. The van der Waals surface area contributed by atoms with E-state index in [0.29, 0.717) is 22.2 Å². The summed E-state index contributed by atoms with van der Waals surface area (Å²) < 4.78 is 1.67. The monoisotopic (exact) mass is 327 g/mol. The number of carbonyl (C=O) groups is 1. The summed E-state index contributed by atoms with van der Waals surface area (Å²) in [5, 5.41) is 14.4. The van der Waals surface area contributed by atoms with E-state index in [9.17, 15) is 9.90 Å². The number of carboxylic acid groups (broad SMARTS) is 1. The average molecular weight is 328 g/mol. The molecule has 1 atom stereocenters. The van der Waals surface area contributed by atoms with Crippen LogP contribution in [-0.4, -0.2) is 32.8 Å². The van der Waals surface area contributed by atoms with Crippen molar-refractivity contribution in [2.75, 3.05) is 7.05 Å². The molecule has 0 bridgehead atoms. The first-order chi connectivity index (χ1) is 9.88. The lowest BCUT2D eigenvalue weighted by Crippen LogP contribution is -2.30. The van der Waals surface area contributed by atoms with Crippen molar-refractivity contribution in [3.8, 4) is 0 Å². The van der Waals surface area contributed by atoms with E-state index in [2.05, 4.69) is 5.10 Å². The summed E-state index contributed by atoms with van der Waals surface area (Å²) in [6.07, 6.45) is 3.55. The summed E-state index contributed by atoms with van der Waals surface area (Å²) in [4.78, 5) is 13.3. The smallest absolute Gasteiger partial charge is 0.325 e. The Kier molecular flexibility index (Phi) is 4.88. The molecule has 0 aliphatic rings. The van der Waals surface area contributed by atoms with Crippen LogP contribution < -0.4 is 0 Å². The maximum absolute atomic E-state index is 11.6. The molecule has 7 heteroatoms. The number of aromatic nitrogens is 2. The predicted molar refractivity (Wildman–Crippen MR) is 81.5 cm³/mol.